The average molecular weight is 246 g/mol. The van der Waals surface area contributed by atoms with Crippen LogP contribution in [-0.2, 0) is 14.3 Å². The maximum Gasteiger partial charge on any atom is 0.355 e. The molecule has 2 rings (SSSR count). The Labute approximate surface area is 105 Å². The van der Waals surface area contributed by atoms with E-state index >= 15 is 0 Å². The van der Waals surface area contributed by atoms with Crippen molar-refractivity contribution >= 4 is 23.3 Å². The van der Waals surface area contributed by atoms with Crippen LogP contribution in [0.3, 0.4) is 0 Å². The number of nitrogens with zero attached hydrogens (tertiary/aromatic N) is 2. The van der Waals surface area contributed by atoms with Gasteiger partial charge in [0.15, 0.2) is 5.71 Å². The summed E-state index contributed by atoms with van der Waals surface area (Å²) in [5.41, 5.74) is 1.85. The summed E-state index contributed by atoms with van der Waals surface area (Å²) in [7, 11) is 0. The molecule has 0 bridgehead atoms. The van der Waals surface area contributed by atoms with Gasteiger partial charge in [-0.05, 0) is 31.5 Å². The second-order valence-electron chi connectivity index (χ2n) is 3.99. The van der Waals surface area contributed by atoms with E-state index in [1.807, 2.05) is 25.1 Å². The molecule has 5 heteroatoms. The van der Waals surface area contributed by atoms with Crippen molar-refractivity contribution in [3.05, 3.63) is 29.8 Å². The van der Waals surface area contributed by atoms with Gasteiger partial charge in [-0.2, -0.15) is 10.1 Å². The Morgan fingerprint density at radius 3 is 2.94 bits per heavy atom. The summed E-state index contributed by atoms with van der Waals surface area (Å²) in [5, 5.41) is 5.27. The predicted octanol–water partition coefficient (Wildman–Crippen LogP) is 1.65. The Bertz CT molecular complexity index is 523. The van der Waals surface area contributed by atoms with Gasteiger partial charge in [0.1, 0.15) is 0 Å². The zero-order chi connectivity index (χ0) is 13.1. The molecule has 0 unspecified atom stereocenters. The third kappa shape index (κ3) is 2.40. The van der Waals surface area contributed by atoms with Crippen LogP contribution in [-0.4, -0.2) is 24.2 Å². The molecule has 0 spiro atoms. The first-order chi connectivity index (χ1) is 8.61. The third-order valence-corrected chi connectivity index (χ3v) is 2.53. The van der Waals surface area contributed by atoms with Crippen molar-refractivity contribution < 1.29 is 14.3 Å². The van der Waals surface area contributed by atoms with E-state index in [2.05, 4.69) is 5.10 Å². The number of hydrogen-bond acceptors (Lipinski definition) is 4. The van der Waals surface area contributed by atoms with E-state index in [9.17, 15) is 9.59 Å². The second kappa shape index (κ2) is 5.00. The topological polar surface area (TPSA) is 59.0 Å². The predicted molar refractivity (Wildman–Crippen MR) is 67.4 cm³/mol. The van der Waals surface area contributed by atoms with Crippen LogP contribution in [0.15, 0.2) is 29.4 Å². The highest BCUT2D eigenvalue weighted by Gasteiger charge is 2.30. The smallest absolute Gasteiger partial charge is 0.355 e. The highest BCUT2D eigenvalue weighted by atomic mass is 16.5. The lowest BCUT2D eigenvalue weighted by molar-refractivity contribution is -0.135. The van der Waals surface area contributed by atoms with Crippen LogP contribution in [0.25, 0.3) is 0 Å². The molecule has 1 aromatic carbocycles. The number of amides is 1. The first kappa shape index (κ1) is 12.3. The molecule has 0 N–H and O–H groups in total. The van der Waals surface area contributed by atoms with Crippen molar-refractivity contribution in [3.8, 4) is 0 Å². The Hall–Kier alpha value is -2.17. The van der Waals surface area contributed by atoms with Crippen LogP contribution < -0.4 is 5.01 Å². The number of hydrazone groups is 1. The summed E-state index contributed by atoms with van der Waals surface area (Å²) in [6.45, 7) is 3.92. The first-order valence-corrected chi connectivity index (χ1v) is 5.76. The maximum atomic E-state index is 11.8. The minimum Gasteiger partial charge on any atom is -0.461 e. The molecule has 1 aliphatic rings. The van der Waals surface area contributed by atoms with Crippen molar-refractivity contribution in [2.24, 2.45) is 5.10 Å². The fourth-order valence-corrected chi connectivity index (χ4v) is 1.72. The zero-order valence-electron chi connectivity index (χ0n) is 10.3. The van der Waals surface area contributed by atoms with Crippen molar-refractivity contribution in [2.45, 2.75) is 20.3 Å². The quantitative estimate of drug-likeness (QED) is 0.762. The van der Waals surface area contributed by atoms with Gasteiger partial charge in [0.25, 0.3) is 5.91 Å². The Kier molecular flexibility index (Phi) is 3.41. The minimum atomic E-state index is -0.527. The lowest BCUT2D eigenvalue weighted by Crippen LogP contribution is -2.19. The maximum absolute atomic E-state index is 11.8. The van der Waals surface area contributed by atoms with Gasteiger partial charge in [-0.15, -0.1) is 0 Å². The molecule has 94 valence electrons. The summed E-state index contributed by atoms with van der Waals surface area (Å²) < 4.78 is 4.83. The van der Waals surface area contributed by atoms with Gasteiger partial charge in [-0.25, -0.2) is 4.79 Å². The number of benzene rings is 1. The van der Waals surface area contributed by atoms with E-state index < -0.39 is 5.97 Å². The van der Waals surface area contributed by atoms with Gasteiger partial charge in [0.05, 0.1) is 18.7 Å². The average Bonchev–Trinajstić information content (AvgIpc) is 2.72. The van der Waals surface area contributed by atoms with Gasteiger partial charge in [-0.1, -0.05) is 12.1 Å². The van der Waals surface area contributed by atoms with Gasteiger partial charge >= 0.3 is 5.97 Å². The number of esters is 1. The molecule has 1 aliphatic heterocycles. The number of anilines is 1. The number of rotatable bonds is 3. The van der Waals surface area contributed by atoms with Gasteiger partial charge in [0.2, 0.25) is 0 Å². The van der Waals surface area contributed by atoms with E-state index in [4.69, 9.17) is 4.74 Å². The largest absolute Gasteiger partial charge is 0.461 e. The molecule has 1 heterocycles. The summed E-state index contributed by atoms with van der Waals surface area (Å²) in [5.74, 6) is -0.746. The SMILES string of the molecule is CCOC(=O)C1=NN(c2cccc(C)c2)C(=O)C1. The van der Waals surface area contributed by atoms with Crippen LogP contribution >= 0.6 is 0 Å². The van der Waals surface area contributed by atoms with Crippen molar-refractivity contribution in [1.82, 2.24) is 0 Å². The number of carbonyl (C=O) groups excluding carboxylic acids is 2. The molecule has 0 radical (unpaired) electrons. The molecule has 0 aliphatic carbocycles. The number of aryl methyl sites for hydroxylation is 1. The van der Waals surface area contributed by atoms with Gasteiger partial charge in [-0.3, -0.25) is 4.79 Å². The Balaban J connectivity index is 2.24. The molecular formula is C13H14N2O3. The van der Waals surface area contributed by atoms with Crippen LogP contribution in [0.5, 0.6) is 0 Å². The van der Waals surface area contributed by atoms with E-state index in [1.165, 1.54) is 5.01 Å². The third-order valence-electron chi connectivity index (χ3n) is 2.53. The molecule has 0 atom stereocenters. The van der Waals surface area contributed by atoms with Crippen molar-refractivity contribution in [2.75, 3.05) is 11.6 Å². The first-order valence-electron chi connectivity index (χ1n) is 5.76. The lowest BCUT2D eigenvalue weighted by Gasteiger charge is -2.11. The molecule has 0 aromatic heterocycles. The van der Waals surface area contributed by atoms with E-state index in [0.717, 1.165) is 5.56 Å². The fraction of sp³-hybridized carbons (Fsp3) is 0.308. The molecule has 18 heavy (non-hydrogen) atoms. The monoisotopic (exact) mass is 246 g/mol. The summed E-state index contributed by atoms with van der Waals surface area (Å²) in [6, 6.07) is 7.40. The fourth-order valence-electron chi connectivity index (χ4n) is 1.72. The number of ether oxygens (including phenoxy) is 1. The van der Waals surface area contributed by atoms with Crippen LogP contribution in [0.1, 0.15) is 18.9 Å². The second-order valence-corrected chi connectivity index (χ2v) is 3.99. The van der Waals surface area contributed by atoms with Crippen LogP contribution in [0.4, 0.5) is 5.69 Å². The molecule has 1 aromatic rings. The molecular weight excluding hydrogens is 232 g/mol. The van der Waals surface area contributed by atoms with E-state index in [1.54, 1.807) is 13.0 Å². The number of carbonyl (C=O) groups is 2. The van der Waals surface area contributed by atoms with Crippen molar-refractivity contribution in [1.29, 1.82) is 0 Å². The summed E-state index contributed by atoms with van der Waals surface area (Å²) in [4.78, 5) is 23.3. The number of hydrogen-bond donors (Lipinski definition) is 0. The highest BCUT2D eigenvalue weighted by molar-refractivity contribution is 6.42. The summed E-state index contributed by atoms with van der Waals surface area (Å²) in [6.07, 6.45) is -0.00717. The zero-order valence-corrected chi connectivity index (χ0v) is 10.3. The van der Waals surface area contributed by atoms with Crippen molar-refractivity contribution in [3.63, 3.8) is 0 Å². The normalized spacial score (nSPS) is 14.7. The Morgan fingerprint density at radius 2 is 2.28 bits per heavy atom. The molecule has 5 nitrogen and oxygen atoms in total. The van der Waals surface area contributed by atoms with Crippen LogP contribution in [0.2, 0.25) is 0 Å². The molecule has 0 saturated heterocycles. The minimum absolute atomic E-state index is 0.00717. The van der Waals surface area contributed by atoms with Gasteiger partial charge < -0.3 is 4.74 Å². The Morgan fingerprint density at radius 1 is 1.50 bits per heavy atom. The highest BCUT2D eigenvalue weighted by Crippen LogP contribution is 2.21. The van der Waals surface area contributed by atoms with E-state index in [-0.39, 0.29) is 24.6 Å². The molecule has 0 saturated carbocycles. The molecule has 0 fully saturated rings. The van der Waals surface area contributed by atoms with Crippen LogP contribution in [0, 0.1) is 6.92 Å². The standard InChI is InChI=1S/C13H14N2O3/c1-3-18-13(17)11-8-12(16)15(14-11)10-6-4-5-9(2)7-10/h4-7H,3,8H2,1-2H3. The van der Waals surface area contributed by atoms with E-state index in [0.29, 0.717) is 5.69 Å². The summed E-state index contributed by atoms with van der Waals surface area (Å²) >= 11 is 0. The lowest BCUT2D eigenvalue weighted by atomic mass is 10.2. The van der Waals surface area contributed by atoms with Gasteiger partial charge in [0, 0.05) is 0 Å². The molecule has 1 amide bonds.